The van der Waals surface area contributed by atoms with Gasteiger partial charge in [0.1, 0.15) is 13.1 Å². The highest BCUT2D eigenvalue weighted by molar-refractivity contribution is 7.21. The van der Waals surface area contributed by atoms with Gasteiger partial charge in [-0.1, -0.05) is 29.8 Å². The molecular formula is C17H15ClNO2S2+. The Hall–Kier alpha value is -1.24. The smallest absolute Gasteiger partial charge is 0.221 e. The minimum Gasteiger partial charge on any atom is -0.221 e. The standard InChI is InChI=1S/C17H15ClNO2S2/c1-10-9-22-13-6-7-19(21,8-12(10)13)17(20)16-15(18)11-4-2-3-5-14(11)23-16/h2-5,9,21H,6-8H2,1H3/q+1. The number of nitrogens with zero attached hydrogens (tertiary/aromatic N) is 1. The molecule has 1 N–H and O–H groups in total. The third kappa shape index (κ3) is 2.35. The van der Waals surface area contributed by atoms with Gasteiger partial charge in [-0.2, -0.15) is 0 Å². The molecule has 0 saturated heterocycles. The third-order valence-electron chi connectivity index (χ3n) is 4.43. The van der Waals surface area contributed by atoms with Crippen LogP contribution in [-0.4, -0.2) is 22.3 Å². The van der Waals surface area contributed by atoms with E-state index in [1.165, 1.54) is 16.2 Å². The van der Waals surface area contributed by atoms with Crippen molar-refractivity contribution in [1.29, 1.82) is 0 Å². The summed E-state index contributed by atoms with van der Waals surface area (Å²) in [6.45, 7) is 2.76. The number of quaternary nitrogens is 1. The summed E-state index contributed by atoms with van der Waals surface area (Å²) >= 11 is 9.48. The topological polar surface area (TPSA) is 37.3 Å². The molecule has 4 rings (SSSR count). The van der Waals surface area contributed by atoms with Crippen LogP contribution in [0.15, 0.2) is 29.6 Å². The minimum atomic E-state index is -0.586. The number of benzene rings is 1. The summed E-state index contributed by atoms with van der Waals surface area (Å²) in [5.74, 6) is -0.299. The Balaban J connectivity index is 1.76. The van der Waals surface area contributed by atoms with Gasteiger partial charge < -0.3 is 0 Å². The van der Waals surface area contributed by atoms with Crippen molar-refractivity contribution in [3.8, 4) is 0 Å². The molecule has 1 aliphatic heterocycles. The SMILES string of the molecule is Cc1csc2c1C[N+](O)(C(=O)c1sc3ccccc3c1Cl)CC2. The Kier molecular flexibility index (Phi) is 3.59. The zero-order valence-corrected chi connectivity index (χ0v) is 14.9. The highest BCUT2D eigenvalue weighted by Crippen LogP contribution is 2.39. The lowest BCUT2D eigenvalue weighted by atomic mass is 10.0. The molecule has 3 nitrogen and oxygen atoms in total. The molecule has 1 aromatic carbocycles. The van der Waals surface area contributed by atoms with Gasteiger partial charge in [-0.05, 0) is 23.9 Å². The Labute approximate surface area is 146 Å². The van der Waals surface area contributed by atoms with Crippen molar-refractivity contribution < 1.29 is 14.6 Å². The maximum absolute atomic E-state index is 13.0. The van der Waals surface area contributed by atoms with Crippen molar-refractivity contribution in [2.75, 3.05) is 6.54 Å². The number of thiophene rings is 2. The van der Waals surface area contributed by atoms with Crippen molar-refractivity contribution in [3.63, 3.8) is 0 Å². The fourth-order valence-electron chi connectivity index (χ4n) is 3.09. The molecule has 0 saturated carbocycles. The third-order valence-corrected chi connectivity index (χ3v) is 7.30. The first-order valence-electron chi connectivity index (χ1n) is 7.37. The molecule has 1 aliphatic rings. The summed E-state index contributed by atoms with van der Waals surface area (Å²) in [6.07, 6.45) is 0.721. The van der Waals surface area contributed by atoms with E-state index in [0.29, 0.717) is 23.0 Å². The van der Waals surface area contributed by atoms with E-state index < -0.39 is 4.65 Å². The number of hydrogen-bond acceptors (Lipinski definition) is 4. The Morgan fingerprint density at radius 2 is 2.13 bits per heavy atom. The fraction of sp³-hybridized carbons (Fsp3) is 0.235. The van der Waals surface area contributed by atoms with Crippen molar-refractivity contribution in [1.82, 2.24) is 0 Å². The van der Waals surface area contributed by atoms with Gasteiger partial charge in [-0.25, -0.2) is 10.0 Å². The van der Waals surface area contributed by atoms with E-state index >= 15 is 0 Å². The lowest BCUT2D eigenvalue weighted by Crippen LogP contribution is -2.52. The monoisotopic (exact) mass is 364 g/mol. The molecule has 6 heteroatoms. The molecule has 0 spiro atoms. The average Bonchev–Trinajstić information content (AvgIpc) is 3.08. The first-order valence-corrected chi connectivity index (χ1v) is 9.44. The number of carbonyl (C=O) groups excluding carboxylic acids is 1. The summed E-state index contributed by atoms with van der Waals surface area (Å²) in [7, 11) is 0. The second-order valence-electron chi connectivity index (χ2n) is 5.92. The minimum absolute atomic E-state index is 0.299. The van der Waals surface area contributed by atoms with E-state index in [4.69, 9.17) is 11.6 Å². The Morgan fingerprint density at radius 1 is 1.35 bits per heavy atom. The number of halogens is 1. The van der Waals surface area contributed by atoms with E-state index in [-0.39, 0.29) is 5.91 Å². The first-order chi connectivity index (χ1) is 11.0. The lowest BCUT2D eigenvalue weighted by Gasteiger charge is -2.31. The van der Waals surface area contributed by atoms with Gasteiger partial charge in [0.2, 0.25) is 0 Å². The molecule has 23 heavy (non-hydrogen) atoms. The van der Waals surface area contributed by atoms with E-state index in [0.717, 1.165) is 27.6 Å². The zero-order valence-electron chi connectivity index (χ0n) is 12.5. The molecule has 2 aromatic heterocycles. The molecule has 0 aliphatic carbocycles. The molecule has 1 amide bonds. The second kappa shape index (κ2) is 5.40. The molecule has 1 unspecified atom stereocenters. The number of amides is 1. The molecule has 0 fully saturated rings. The molecule has 0 radical (unpaired) electrons. The Bertz CT molecular complexity index is 930. The number of hydrogen-bond donors (Lipinski definition) is 1. The Morgan fingerprint density at radius 3 is 2.91 bits per heavy atom. The van der Waals surface area contributed by atoms with Gasteiger partial charge in [-0.15, -0.1) is 27.3 Å². The van der Waals surface area contributed by atoms with Crippen LogP contribution >= 0.6 is 34.3 Å². The van der Waals surface area contributed by atoms with Crippen LogP contribution in [-0.2, 0) is 13.0 Å². The predicted molar refractivity (Wildman–Crippen MR) is 94.5 cm³/mol. The lowest BCUT2D eigenvalue weighted by molar-refractivity contribution is -1.05. The van der Waals surface area contributed by atoms with Crippen molar-refractivity contribution in [2.45, 2.75) is 19.9 Å². The number of carbonyl (C=O) groups is 1. The average molecular weight is 365 g/mol. The first kappa shape index (κ1) is 15.3. The van der Waals surface area contributed by atoms with Crippen LogP contribution in [0.3, 0.4) is 0 Å². The van der Waals surface area contributed by atoms with Gasteiger partial charge >= 0.3 is 5.91 Å². The highest BCUT2D eigenvalue weighted by Gasteiger charge is 2.43. The van der Waals surface area contributed by atoms with Crippen LogP contribution < -0.4 is 0 Å². The highest BCUT2D eigenvalue weighted by atomic mass is 35.5. The number of rotatable bonds is 1. The molecule has 0 bridgehead atoms. The number of hydroxylamine groups is 3. The summed E-state index contributed by atoms with van der Waals surface area (Å²) in [5, 5.41) is 14.4. The molecule has 3 heterocycles. The van der Waals surface area contributed by atoms with Gasteiger partial charge in [0.05, 0.1) is 5.02 Å². The molecule has 3 aromatic rings. The summed E-state index contributed by atoms with van der Waals surface area (Å²) in [4.78, 5) is 14.7. The predicted octanol–water partition coefficient (Wildman–Crippen LogP) is 5.03. The number of fused-ring (bicyclic) bond motifs is 2. The number of aryl methyl sites for hydroxylation is 1. The molecular weight excluding hydrogens is 350 g/mol. The zero-order chi connectivity index (χ0) is 16.2. The summed E-state index contributed by atoms with van der Waals surface area (Å²) in [5.41, 5.74) is 2.26. The van der Waals surface area contributed by atoms with Crippen LogP contribution in [0.2, 0.25) is 5.02 Å². The fourth-order valence-corrected chi connectivity index (χ4v) is 5.64. The maximum atomic E-state index is 13.0. The van der Waals surface area contributed by atoms with Gasteiger partial charge in [-0.3, -0.25) is 0 Å². The van der Waals surface area contributed by atoms with Gasteiger partial charge in [0.15, 0.2) is 4.88 Å². The molecule has 118 valence electrons. The van der Waals surface area contributed by atoms with Crippen LogP contribution in [0, 0.1) is 6.92 Å². The van der Waals surface area contributed by atoms with E-state index in [2.05, 4.69) is 5.38 Å². The second-order valence-corrected chi connectivity index (χ2v) is 8.32. The van der Waals surface area contributed by atoms with Crippen molar-refractivity contribution >= 4 is 50.3 Å². The maximum Gasteiger partial charge on any atom is 0.389 e. The van der Waals surface area contributed by atoms with Crippen molar-refractivity contribution in [3.05, 3.63) is 55.5 Å². The van der Waals surface area contributed by atoms with Crippen LogP contribution in [0.1, 0.15) is 25.7 Å². The quantitative estimate of drug-likeness (QED) is 0.486. The summed E-state index contributed by atoms with van der Waals surface area (Å²) < 4.78 is 0.383. The van der Waals surface area contributed by atoms with E-state index in [1.54, 1.807) is 11.3 Å². The normalized spacial score (nSPS) is 20.7. The van der Waals surface area contributed by atoms with Gasteiger partial charge in [0.25, 0.3) is 0 Å². The van der Waals surface area contributed by atoms with Crippen LogP contribution in [0.25, 0.3) is 10.1 Å². The van der Waals surface area contributed by atoms with E-state index in [9.17, 15) is 10.0 Å². The van der Waals surface area contributed by atoms with Crippen LogP contribution in [0.5, 0.6) is 0 Å². The summed E-state index contributed by atoms with van der Waals surface area (Å²) in [6, 6.07) is 7.68. The van der Waals surface area contributed by atoms with E-state index in [1.807, 2.05) is 31.2 Å². The van der Waals surface area contributed by atoms with Crippen LogP contribution in [0.4, 0.5) is 0 Å². The largest absolute Gasteiger partial charge is 0.389 e. The molecule has 1 atom stereocenters. The van der Waals surface area contributed by atoms with Gasteiger partial charge in [0, 0.05) is 26.9 Å². The van der Waals surface area contributed by atoms with Crippen molar-refractivity contribution in [2.24, 2.45) is 0 Å².